The third-order valence-electron chi connectivity index (χ3n) is 4.08. The lowest BCUT2D eigenvalue weighted by atomic mass is 9.88. The number of aliphatic hydroxyl groups is 1. The van der Waals surface area contributed by atoms with Crippen molar-refractivity contribution in [2.45, 2.75) is 45.1 Å². The van der Waals surface area contributed by atoms with Gasteiger partial charge in [-0.2, -0.15) is 11.8 Å². The van der Waals surface area contributed by atoms with Gasteiger partial charge in [0.2, 0.25) is 5.91 Å². The van der Waals surface area contributed by atoms with E-state index in [0.29, 0.717) is 11.8 Å². The second-order valence-electron chi connectivity index (χ2n) is 6.44. The van der Waals surface area contributed by atoms with E-state index < -0.39 is 5.60 Å². The lowest BCUT2D eigenvalue weighted by molar-refractivity contribution is -0.126. The molecule has 0 saturated heterocycles. The highest BCUT2D eigenvalue weighted by atomic mass is 32.2. The lowest BCUT2D eigenvalue weighted by Gasteiger charge is -2.21. The molecule has 0 spiro atoms. The Morgan fingerprint density at radius 3 is 2.72 bits per heavy atom. The normalized spacial score (nSPS) is 30.7. The van der Waals surface area contributed by atoms with Crippen molar-refractivity contribution in [3.63, 3.8) is 0 Å². The minimum absolute atomic E-state index is 0.269. The van der Waals surface area contributed by atoms with Crippen LogP contribution < -0.4 is 5.32 Å². The number of hydrogen-bond acceptors (Lipinski definition) is 3. The van der Waals surface area contributed by atoms with Gasteiger partial charge in [0.15, 0.2) is 0 Å². The van der Waals surface area contributed by atoms with Crippen LogP contribution in [0.1, 0.15) is 39.5 Å². The van der Waals surface area contributed by atoms with Crippen molar-refractivity contribution in [1.29, 1.82) is 0 Å². The SMILES string of the molecule is CC(C)(O)CSCCNC(=O)[C@H]1C[C@H]2CC[C@H]1C2. The highest BCUT2D eigenvalue weighted by Crippen LogP contribution is 2.48. The van der Waals surface area contributed by atoms with Crippen LogP contribution >= 0.6 is 11.8 Å². The molecule has 2 saturated carbocycles. The van der Waals surface area contributed by atoms with Crippen molar-refractivity contribution in [2.75, 3.05) is 18.1 Å². The molecule has 1 amide bonds. The number of rotatable bonds is 6. The van der Waals surface area contributed by atoms with Crippen LogP contribution in [0.15, 0.2) is 0 Å². The minimum Gasteiger partial charge on any atom is -0.390 e. The summed E-state index contributed by atoms with van der Waals surface area (Å²) < 4.78 is 0. The number of hydrogen-bond donors (Lipinski definition) is 2. The molecule has 18 heavy (non-hydrogen) atoms. The molecular weight excluding hydrogens is 246 g/mol. The summed E-state index contributed by atoms with van der Waals surface area (Å²) in [7, 11) is 0. The summed E-state index contributed by atoms with van der Waals surface area (Å²) >= 11 is 1.70. The number of nitrogens with one attached hydrogen (secondary N) is 1. The molecule has 2 bridgehead atoms. The molecule has 2 N–H and O–H groups in total. The lowest BCUT2D eigenvalue weighted by Crippen LogP contribution is -2.35. The second kappa shape index (κ2) is 5.83. The highest BCUT2D eigenvalue weighted by Gasteiger charge is 2.42. The Balaban J connectivity index is 1.58. The van der Waals surface area contributed by atoms with E-state index in [1.807, 2.05) is 13.8 Å². The predicted molar refractivity (Wildman–Crippen MR) is 75.6 cm³/mol. The van der Waals surface area contributed by atoms with Crippen LogP contribution in [-0.2, 0) is 4.79 Å². The van der Waals surface area contributed by atoms with Gasteiger partial charge in [0.1, 0.15) is 0 Å². The molecule has 3 atom stereocenters. The molecule has 0 aromatic heterocycles. The first-order valence-electron chi connectivity index (χ1n) is 7.03. The summed E-state index contributed by atoms with van der Waals surface area (Å²) in [6.45, 7) is 4.36. The van der Waals surface area contributed by atoms with Crippen molar-refractivity contribution < 1.29 is 9.90 Å². The van der Waals surface area contributed by atoms with Crippen LogP contribution in [0.5, 0.6) is 0 Å². The largest absolute Gasteiger partial charge is 0.390 e. The third-order valence-corrected chi connectivity index (χ3v) is 5.48. The number of carbonyl (C=O) groups is 1. The minimum atomic E-state index is -0.612. The molecule has 3 nitrogen and oxygen atoms in total. The average molecular weight is 271 g/mol. The van der Waals surface area contributed by atoms with Gasteiger partial charge in [0, 0.05) is 24.0 Å². The van der Waals surface area contributed by atoms with Gasteiger partial charge in [-0.3, -0.25) is 4.79 Å². The van der Waals surface area contributed by atoms with E-state index in [4.69, 9.17) is 0 Å². The first kappa shape index (κ1) is 14.2. The Morgan fingerprint density at radius 2 is 2.17 bits per heavy atom. The van der Waals surface area contributed by atoms with Gasteiger partial charge in [-0.1, -0.05) is 6.42 Å². The van der Waals surface area contributed by atoms with Gasteiger partial charge in [-0.05, 0) is 44.9 Å². The van der Waals surface area contributed by atoms with Crippen molar-refractivity contribution in [3.05, 3.63) is 0 Å². The van der Waals surface area contributed by atoms with E-state index in [9.17, 15) is 9.90 Å². The molecule has 2 fully saturated rings. The van der Waals surface area contributed by atoms with Gasteiger partial charge in [-0.25, -0.2) is 0 Å². The van der Waals surface area contributed by atoms with Crippen LogP contribution in [-0.4, -0.2) is 34.7 Å². The average Bonchev–Trinajstić information content (AvgIpc) is 2.88. The summed E-state index contributed by atoms with van der Waals surface area (Å²) in [4.78, 5) is 12.0. The Morgan fingerprint density at radius 1 is 1.39 bits per heavy atom. The first-order valence-corrected chi connectivity index (χ1v) is 8.19. The van der Waals surface area contributed by atoms with E-state index in [1.54, 1.807) is 11.8 Å². The molecule has 0 aromatic carbocycles. The first-order chi connectivity index (χ1) is 8.46. The maximum atomic E-state index is 12.0. The van der Waals surface area contributed by atoms with E-state index >= 15 is 0 Å². The molecule has 4 heteroatoms. The van der Waals surface area contributed by atoms with Crippen molar-refractivity contribution in [1.82, 2.24) is 5.32 Å². The van der Waals surface area contributed by atoms with Crippen LogP contribution in [0.25, 0.3) is 0 Å². The van der Waals surface area contributed by atoms with Gasteiger partial charge >= 0.3 is 0 Å². The van der Waals surface area contributed by atoms with Crippen LogP contribution in [0.4, 0.5) is 0 Å². The maximum absolute atomic E-state index is 12.0. The molecule has 104 valence electrons. The zero-order valence-corrected chi connectivity index (χ0v) is 12.3. The Labute approximate surface area is 114 Å². The Hall–Kier alpha value is -0.220. The number of amides is 1. The standard InChI is InChI=1S/C14H25NO2S/c1-14(2,17)9-18-6-5-15-13(16)12-8-10-3-4-11(12)7-10/h10-12,17H,3-9H2,1-2H3,(H,15,16)/t10-,11-,12-/m0/s1. The molecule has 0 aromatic rings. The quantitative estimate of drug-likeness (QED) is 0.727. The van der Waals surface area contributed by atoms with E-state index in [-0.39, 0.29) is 5.91 Å². The maximum Gasteiger partial charge on any atom is 0.223 e. The molecule has 0 aliphatic heterocycles. The fourth-order valence-electron chi connectivity index (χ4n) is 3.27. The van der Waals surface area contributed by atoms with Crippen LogP contribution in [0.3, 0.4) is 0 Å². The molecule has 2 aliphatic rings. The Kier molecular flexibility index (Phi) is 4.59. The van der Waals surface area contributed by atoms with Crippen molar-refractivity contribution in [2.24, 2.45) is 17.8 Å². The zero-order chi connectivity index (χ0) is 13.2. The van der Waals surface area contributed by atoms with E-state index in [0.717, 1.165) is 30.4 Å². The van der Waals surface area contributed by atoms with Gasteiger partial charge in [0.05, 0.1) is 5.60 Å². The van der Waals surface area contributed by atoms with Crippen LogP contribution in [0, 0.1) is 17.8 Å². The number of fused-ring (bicyclic) bond motifs is 2. The second-order valence-corrected chi connectivity index (χ2v) is 7.54. The monoisotopic (exact) mass is 271 g/mol. The van der Waals surface area contributed by atoms with Crippen molar-refractivity contribution in [3.8, 4) is 0 Å². The smallest absolute Gasteiger partial charge is 0.223 e. The summed E-state index contributed by atoms with van der Waals surface area (Å²) in [5.41, 5.74) is -0.612. The van der Waals surface area contributed by atoms with Gasteiger partial charge in [-0.15, -0.1) is 0 Å². The zero-order valence-electron chi connectivity index (χ0n) is 11.4. The molecule has 0 heterocycles. The summed E-state index contributed by atoms with van der Waals surface area (Å²) in [6, 6.07) is 0. The van der Waals surface area contributed by atoms with Gasteiger partial charge < -0.3 is 10.4 Å². The Bertz CT molecular complexity index is 301. The van der Waals surface area contributed by atoms with Crippen LogP contribution in [0.2, 0.25) is 0 Å². The highest BCUT2D eigenvalue weighted by molar-refractivity contribution is 7.99. The predicted octanol–water partition coefficient (Wildman–Crippen LogP) is 2.04. The summed E-state index contributed by atoms with van der Waals surface area (Å²) in [6.07, 6.45) is 5.00. The summed E-state index contributed by atoms with van der Waals surface area (Å²) in [5.74, 6) is 3.66. The molecular formula is C14H25NO2S. The van der Waals surface area contributed by atoms with Gasteiger partial charge in [0.25, 0.3) is 0 Å². The molecule has 2 aliphatic carbocycles. The third kappa shape index (κ3) is 3.89. The fourth-order valence-corrected chi connectivity index (χ4v) is 4.16. The van der Waals surface area contributed by atoms with E-state index in [1.165, 1.54) is 19.3 Å². The number of carbonyl (C=O) groups excluding carboxylic acids is 1. The number of thioether (sulfide) groups is 1. The van der Waals surface area contributed by atoms with E-state index in [2.05, 4.69) is 5.32 Å². The topological polar surface area (TPSA) is 49.3 Å². The molecule has 0 radical (unpaired) electrons. The van der Waals surface area contributed by atoms with Crippen molar-refractivity contribution >= 4 is 17.7 Å². The fraction of sp³-hybridized carbons (Fsp3) is 0.929. The molecule has 0 unspecified atom stereocenters. The summed E-state index contributed by atoms with van der Waals surface area (Å²) in [5, 5.41) is 12.6. The molecule has 2 rings (SSSR count).